The highest BCUT2D eigenvalue weighted by molar-refractivity contribution is 4.88. The summed E-state index contributed by atoms with van der Waals surface area (Å²) in [7, 11) is 2.22. The van der Waals surface area contributed by atoms with Crippen molar-refractivity contribution < 1.29 is 0 Å². The fraction of sp³-hybridized carbons (Fsp3) is 1.00. The summed E-state index contributed by atoms with van der Waals surface area (Å²) < 4.78 is 0. The van der Waals surface area contributed by atoms with Gasteiger partial charge in [-0.1, -0.05) is 20.8 Å². The Morgan fingerprint density at radius 2 is 1.33 bits per heavy atom. The Hall–Kier alpha value is -0.0800. The van der Waals surface area contributed by atoms with Crippen molar-refractivity contribution in [3.8, 4) is 0 Å². The van der Waals surface area contributed by atoms with Crippen molar-refractivity contribution in [1.29, 1.82) is 0 Å². The van der Waals surface area contributed by atoms with Gasteiger partial charge in [0, 0.05) is 31.7 Å². The first-order chi connectivity index (χ1) is 6.71. The summed E-state index contributed by atoms with van der Waals surface area (Å²) in [6.45, 7) is 16.7. The van der Waals surface area contributed by atoms with E-state index < -0.39 is 0 Å². The van der Waals surface area contributed by atoms with Crippen LogP contribution in [0.1, 0.15) is 41.0 Å². The minimum absolute atomic E-state index is 0.347. The molecule has 1 aliphatic heterocycles. The standard InChI is InChI=1S/C13H28N2/c1-12(2,3)11-13(4,5)15-9-7-14(6)8-10-15/h7-11H2,1-6H3. The lowest BCUT2D eigenvalue weighted by atomic mass is 9.80. The van der Waals surface area contributed by atoms with Gasteiger partial charge in [-0.25, -0.2) is 0 Å². The molecule has 1 aliphatic rings. The maximum Gasteiger partial charge on any atom is 0.0159 e. The predicted molar refractivity (Wildman–Crippen MR) is 67.2 cm³/mol. The van der Waals surface area contributed by atoms with E-state index in [2.05, 4.69) is 51.5 Å². The Bertz CT molecular complexity index is 195. The third kappa shape index (κ3) is 4.12. The molecule has 0 aromatic rings. The van der Waals surface area contributed by atoms with Gasteiger partial charge in [-0.05, 0) is 32.7 Å². The van der Waals surface area contributed by atoms with Gasteiger partial charge in [-0.2, -0.15) is 0 Å². The number of nitrogens with zero attached hydrogens (tertiary/aromatic N) is 2. The van der Waals surface area contributed by atoms with Gasteiger partial charge >= 0.3 is 0 Å². The van der Waals surface area contributed by atoms with E-state index in [-0.39, 0.29) is 0 Å². The lowest BCUT2D eigenvalue weighted by molar-refractivity contribution is 0.0358. The van der Waals surface area contributed by atoms with E-state index in [0.717, 1.165) is 0 Å². The van der Waals surface area contributed by atoms with Crippen LogP contribution in [0, 0.1) is 5.41 Å². The highest BCUT2D eigenvalue weighted by Crippen LogP contribution is 2.31. The summed E-state index contributed by atoms with van der Waals surface area (Å²) in [5.74, 6) is 0. The maximum absolute atomic E-state index is 2.65. The number of hydrogen-bond donors (Lipinski definition) is 0. The second kappa shape index (κ2) is 4.42. The topological polar surface area (TPSA) is 6.48 Å². The summed E-state index contributed by atoms with van der Waals surface area (Å²) in [5, 5.41) is 0. The van der Waals surface area contributed by atoms with Crippen LogP contribution >= 0.6 is 0 Å². The van der Waals surface area contributed by atoms with Crippen molar-refractivity contribution in [2.75, 3.05) is 33.2 Å². The minimum atomic E-state index is 0.347. The highest BCUT2D eigenvalue weighted by Gasteiger charge is 2.32. The molecule has 0 saturated carbocycles. The van der Waals surface area contributed by atoms with Crippen molar-refractivity contribution >= 4 is 0 Å². The van der Waals surface area contributed by atoms with Gasteiger partial charge in [0.05, 0.1) is 0 Å². The van der Waals surface area contributed by atoms with Crippen LogP contribution in [0.5, 0.6) is 0 Å². The van der Waals surface area contributed by atoms with E-state index in [1.807, 2.05) is 0 Å². The average molecular weight is 212 g/mol. The summed E-state index contributed by atoms with van der Waals surface area (Å²) >= 11 is 0. The first-order valence-electron chi connectivity index (χ1n) is 6.14. The third-order valence-corrected chi connectivity index (χ3v) is 3.32. The molecule has 0 unspecified atom stereocenters. The summed E-state index contributed by atoms with van der Waals surface area (Å²) in [6, 6.07) is 0. The molecule has 0 atom stereocenters. The van der Waals surface area contributed by atoms with Crippen LogP contribution in [0.4, 0.5) is 0 Å². The molecule has 1 fully saturated rings. The van der Waals surface area contributed by atoms with Crippen LogP contribution in [-0.4, -0.2) is 48.6 Å². The van der Waals surface area contributed by atoms with Crippen LogP contribution in [0.3, 0.4) is 0 Å². The Kier molecular flexibility index (Phi) is 3.83. The average Bonchev–Trinajstić information content (AvgIpc) is 2.00. The molecule has 15 heavy (non-hydrogen) atoms. The smallest absolute Gasteiger partial charge is 0.0159 e. The van der Waals surface area contributed by atoms with Crippen LogP contribution in [-0.2, 0) is 0 Å². The molecule has 0 aliphatic carbocycles. The summed E-state index contributed by atoms with van der Waals surface area (Å²) in [5.41, 5.74) is 0.770. The van der Waals surface area contributed by atoms with Crippen molar-refractivity contribution in [3.63, 3.8) is 0 Å². The molecule has 0 radical (unpaired) electrons. The Labute approximate surface area is 95.6 Å². The zero-order valence-corrected chi connectivity index (χ0v) is 11.4. The second-order valence-electron chi connectivity index (χ2n) is 6.84. The van der Waals surface area contributed by atoms with Crippen molar-refractivity contribution in [3.05, 3.63) is 0 Å². The number of rotatable bonds is 2. The van der Waals surface area contributed by atoms with Gasteiger partial charge in [0.15, 0.2) is 0 Å². The zero-order valence-electron chi connectivity index (χ0n) is 11.4. The largest absolute Gasteiger partial charge is 0.304 e. The molecule has 0 N–H and O–H groups in total. The number of likely N-dealkylation sites (N-methyl/N-ethyl adjacent to an activating group) is 1. The van der Waals surface area contributed by atoms with E-state index in [1.54, 1.807) is 0 Å². The first kappa shape index (κ1) is 13.0. The third-order valence-electron chi connectivity index (χ3n) is 3.32. The first-order valence-corrected chi connectivity index (χ1v) is 6.14. The van der Waals surface area contributed by atoms with Crippen molar-refractivity contribution in [2.45, 2.75) is 46.6 Å². The highest BCUT2D eigenvalue weighted by atomic mass is 15.3. The van der Waals surface area contributed by atoms with Gasteiger partial charge in [0.1, 0.15) is 0 Å². The Morgan fingerprint density at radius 3 is 1.73 bits per heavy atom. The molecular formula is C13H28N2. The minimum Gasteiger partial charge on any atom is -0.304 e. The molecule has 0 amide bonds. The van der Waals surface area contributed by atoms with E-state index in [9.17, 15) is 0 Å². The second-order valence-corrected chi connectivity index (χ2v) is 6.84. The van der Waals surface area contributed by atoms with Gasteiger partial charge in [0.2, 0.25) is 0 Å². The molecule has 0 aromatic carbocycles. The van der Waals surface area contributed by atoms with Gasteiger partial charge < -0.3 is 4.90 Å². The number of piperazine rings is 1. The van der Waals surface area contributed by atoms with Crippen molar-refractivity contribution in [2.24, 2.45) is 5.41 Å². The molecule has 90 valence electrons. The molecule has 2 nitrogen and oxygen atoms in total. The molecular weight excluding hydrogens is 184 g/mol. The van der Waals surface area contributed by atoms with E-state index in [1.165, 1.54) is 32.6 Å². The molecule has 0 spiro atoms. The van der Waals surface area contributed by atoms with E-state index in [0.29, 0.717) is 11.0 Å². The number of hydrogen-bond acceptors (Lipinski definition) is 2. The van der Waals surface area contributed by atoms with Crippen molar-refractivity contribution in [1.82, 2.24) is 9.80 Å². The van der Waals surface area contributed by atoms with Gasteiger partial charge in [-0.3, -0.25) is 4.90 Å². The van der Waals surface area contributed by atoms with E-state index in [4.69, 9.17) is 0 Å². The monoisotopic (exact) mass is 212 g/mol. The van der Waals surface area contributed by atoms with Crippen LogP contribution in [0.25, 0.3) is 0 Å². The van der Waals surface area contributed by atoms with Gasteiger partial charge in [0.25, 0.3) is 0 Å². The summed E-state index contributed by atoms with van der Waals surface area (Å²) in [6.07, 6.45) is 1.27. The Morgan fingerprint density at radius 1 is 0.867 bits per heavy atom. The van der Waals surface area contributed by atoms with Crippen LogP contribution in [0.2, 0.25) is 0 Å². The molecule has 1 saturated heterocycles. The normalized spacial score (nSPS) is 22.0. The van der Waals surface area contributed by atoms with E-state index >= 15 is 0 Å². The molecule has 0 bridgehead atoms. The fourth-order valence-electron chi connectivity index (χ4n) is 2.82. The molecule has 2 heteroatoms. The SMILES string of the molecule is CN1CCN(C(C)(C)CC(C)(C)C)CC1. The molecule has 1 heterocycles. The summed E-state index contributed by atoms with van der Waals surface area (Å²) in [4.78, 5) is 5.07. The lowest BCUT2D eigenvalue weighted by Gasteiger charge is -2.46. The quantitative estimate of drug-likeness (QED) is 0.694. The molecule has 1 rings (SSSR count). The molecule has 0 aromatic heterocycles. The zero-order chi connectivity index (χ0) is 11.7. The lowest BCUT2D eigenvalue weighted by Crippen LogP contribution is -2.54. The van der Waals surface area contributed by atoms with Crippen LogP contribution < -0.4 is 0 Å². The maximum atomic E-state index is 2.65. The van der Waals surface area contributed by atoms with Crippen LogP contribution in [0.15, 0.2) is 0 Å². The fourth-order valence-corrected chi connectivity index (χ4v) is 2.82. The van der Waals surface area contributed by atoms with Gasteiger partial charge in [-0.15, -0.1) is 0 Å². The Balaban J connectivity index is 2.54. The predicted octanol–water partition coefficient (Wildman–Crippen LogP) is 2.45.